The van der Waals surface area contributed by atoms with Crippen molar-refractivity contribution in [2.45, 2.75) is 13.5 Å². The van der Waals surface area contributed by atoms with Crippen molar-refractivity contribution in [2.24, 2.45) is 21.7 Å². The summed E-state index contributed by atoms with van der Waals surface area (Å²) in [6, 6.07) is 13.6. The van der Waals surface area contributed by atoms with Crippen LogP contribution in [0.5, 0.6) is 11.5 Å². The molecule has 2 aromatic carbocycles. The van der Waals surface area contributed by atoms with Crippen molar-refractivity contribution >= 4 is 12.2 Å². The Morgan fingerprint density at radius 2 is 1.87 bits per heavy atom. The van der Waals surface area contributed by atoms with Crippen LogP contribution < -0.4 is 20.9 Å². The van der Waals surface area contributed by atoms with E-state index in [0.29, 0.717) is 18.1 Å². The highest BCUT2D eigenvalue weighted by Crippen LogP contribution is 2.30. The van der Waals surface area contributed by atoms with Crippen LogP contribution in [0.4, 0.5) is 0 Å². The first-order chi connectivity index (χ1) is 11.1. The Kier molecular flexibility index (Phi) is 5.57. The fourth-order valence-corrected chi connectivity index (χ4v) is 1.95. The number of nitrogens with zero attached hydrogens (tertiary/aromatic N) is 2. The maximum Gasteiger partial charge on any atom is 0.211 e. The molecule has 0 amide bonds. The van der Waals surface area contributed by atoms with Crippen molar-refractivity contribution in [1.29, 1.82) is 0 Å². The summed E-state index contributed by atoms with van der Waals surface area (Å²) in [6.07, 6.45) is 1.52. The Balaban J connectivity index is 2.22. The zero-order valence-corrected chi connectivity index (χ0v) is 13.2. The third-order valence-electron chi connectivity index (χ3n) is 3.10. The summed E-state index contributed by atoms with van der Waals surface area (Å²) in [7, 11) is 1.59. The molecule has 0 aliphatic heterocycles. The molecule has 6 heteroatoms. The Morgan fingerprint density at radius 1 is 1.13 bits per heavy atom. The average Bonchev–Trinajstić information content (AvgIpc) is 2.54. The van der Waals surface area contributed by atoms with E-state index in [1.807, 2.05) is 49.4 Å². The van der Waals surface area contributed by atoms with Gasteiger partial charge in [0.15, 0.2) is 11.5 Å². The number of nitrogens with two attached hydrogens (primary N) is 2. The Hall–Kier alpha value is -3.02. The second kappa shape index (κ2) is 7.84. The van der Waals surface area contributed by atoms with Gasteiger partial charge in [-0.15, -0.1) is 5.10 Å². The number of hydrogen-bond acceptors (Lipinski definition) is 4. The van der Waals surface area contributed by atoms with Gasteiger partial charge in [0.25, 0.3) is 0 Å². The molecule has 0 heterocycles. The first-order valence-electron chi connectivity index (χ1n) is 7.07. The Labute approximate surface area is 135 Å². The molecule has 2 aromatic rings. The van der Waals surface area contributed by atoms with E-state index < -0.39 is 0 Å². The first-order valence-corrected chi connectivity index (χ1v) is 7.07. The van der Waals surface area contributed by atoms with Gasteiger partial charge in [0.05, 0.1) is 13.3 Å². The van der Waals surface area contributed by atoms with E-state index in [-0.39, 0.29) is 5.96 Å². The van der Waals surface area contributed by atoms with Crippen molar-refractivity contribution in [3.63, 3.8) is 0 Å². The molecular weight excluding hydrogens is 292 g/mol. The molecule has 0 saturated carbocycles. The summed E-state index contributed by atoms with van der Waals surface area (Å²) in [6.45, 7) is 2.47. The number of ether oxygens (including phenoxy) is 2. The number of benzene rings is 2. The molecule has 0 unspecified atom stereocenters. The predicted molar refractivity (Wildman–Crippen MR) is 91.9 cm³/mol. The molecular formula is C17H20N4O2. The van der Waals surface area contributed by atoms with Crippen molar-refractivity contribution in [2.75, 3.05) is 7.11 Å². The highest BCUT2D eigenvalue weighted by Gasteiger charge is 2.09. The molecule has 0 fully saturated rings. The number of rotatable bonds is 6. The molecule has 0 aliphatic rings. The lowest BCUT2D eigenvalue weighted by Crippen LogP contribution is -2.21. The first kappa shape index (κ1) is 16.4. The summed E-state index contributed by atoms with van der Waals surface area (Å²) >= 11 is 0. The molecule has 0 spiro atoms. The maximum atomic E-state index is 5.92. The largest absolute Gasteiger partial charge is 0.493 e. The van der Waals surface area contributed by atoms with Crippen molar-refractivity contribution < 1.29 is 9.47 Å². The third-order valence-corrected chi connectivity index (χ3v) is 3.10. The minimum absolute atomic E-state index is 0.105. The van der Waals surface area contributed by atoms with Gasteiger partial charge in [-0.05, 0) is 24.6 Å². The third kappa shape index (κ3) is 4.74. The van der Waals surface area contributed by atoms with Crippen LogP contribution in [0.25, 0.3) is 0 Å². The van der Waals surface area contributed by atoms with Crippen LogP contribution in [0.2, 0.25) is 0 Å². The Bertz CT molecular complexity index is 705. The topological polar surface area (TPSA) is 95.2 Å². The summed E-state index contributed by atoms with van der Waals surface area (Å²) in [5.41, 5.74) is 13.5. The van der Waals surface area contributed by atoms with Crippen LogP contribution in [0, 0.1) is 6.92 Å². The summed E-state index contributed by atoms with van der Waals surface area (Å²) in [5, 5.41) is 7.41. The second-order valence-corrected chi connectivity index (χ2v) is 4.92. The van der Waals surface area contributed by atoms with Gasteiger partial charge in [-0.25, -0.2) is 0 Å². The molecule has 0 aromatic heterocycles. The van der Waals surface area contributed by atoms with Gasteiger partial charge in [0, 0.05) is 5.56 Å². The number of aryl methyl sites for hydroxylation is 1. The molecule has 0 radical (unpaired) electrons. The average molecular weight is 312 g/mol. The molecule has 0 saturated heterocycles. The number of hydrogen-bond donors (Lipinski definition) is 2. The lowest BCUT2D eigenvalue weighted by molar-refractivity contribution is 0.284. The number of guanidine groups is 1. The molecule has 0 atom stereocenters. The van der Waals surface area contributed by atoms with Crippen molar-refractivity contribution in [3.8, 4) is 11.5 Å². The zero-order chi connectivity index (χ0) is 16.7. The Morgan fingerprint density at radius 3 is 2.52 bits per heavy atom. The zero-order valence-electron chi connectivity index (χ0n) is 13.2. The summed E-state index contributed by atoms with van der Waals surface area (Å²) in [5.74, 6) is 1.10. The van der Waals surface area contributed by atoms with Crippen LogP contribution in [-0.4, -0.2) is 19.3 Å². The standard InChI is InChI=1S/C17H20N4O2/c1-12-6-8-13(9-7-12)11-23-16-14(10-20-21-17(18)19)4-3-5-15(16)22-2/h3-10H,11H2,1-2H3,(H4,18,19,21). The normalized spacial score (nSPS) is 10.5. The van der Waals surface area contributed by atoms with E-state index in [2.05, 4.69) is 10.2 Å². The molecule has 23 heavy (non-hydrogen) atoms. The van der Waals surface area contributed by atoms with Gasteiger partial charge < -0.3 is 20.9 Å². The SMILES string of the molecule is COc1cccc(C=NN=C(N)N)c1OCc1ccc(C)cc1. The van der Waals surface area contributed by atoms with Crippen LogP contribution in [0.15, 0.2) is 52.7 Å². The highest BCUT2D eigenvalue weighted by molar-refractivity contribution is 5.86. The van der Waals surface area contributed by atoms with Gasteiger partial charge in [0.2, 0.25) is 5.96 Å². The van der Waals surface area contributed by atoms with Crippen LogP contribution in [0.1, 0.15) is 16.7 Å². The number of para-hydroxylation sites is 1. The van der Waals surface area contributed by atoms with E-state index in [4.69, 9.17) is 20.9 Å². The predicted octanol–water partition coefficient (Wildman–Crippen LogP) is 2.19. The van der Waals surface area contributed by atoms with Crippen LogP contribution in [-0.2, 0) is 6.61 Å². The number of methoxy groups -OCH3 is 1. The summed E-state index contributed by atoms with van der Waals surface area (Å²) < 4.78 is 11.3. The van der Waals surface area contributed by atoms with Crippen molar-refractivity contribution in [1.82, 2.24) is 0 Å². The van der Waals surface area contributed by atoms with Gasteiger partial charge >= 0.3 is 0 Å². The van der Waals surface area contributed by atoms with Gasteiger partial charge in [-0.1, -0.05) is 35.9 Å². The fraction of sp³-hybridized carbons (Fsp3) is 0.176. The molecule has 2 rings (SSSR count). The second-order valence-electron chi connectivity index (χ2n) is 4.92. The molecule has 4 N–H and O–H groups in total. The minimum Gasteiger partial charge on any atom is -0.493 e. The van der Waals surface area contributed by atoms with Crippen molar-refractivity contribution in [3.05, 3.63) is 59.2 Å². The lowest BCUT2D eigenvalue weighted by atomic mass is 10.1. The van der Waals surface area contributed by atoms with Gasteiger partial charge in [-0.3, -0.25) is 0 Å². The van der Waals surface area contributed by atoms with Crippen LogP contribution in [0.3, 0.4) is 0 Å². The minimum atomic E-state index is -0.105. The molecule has 120 valence electrons. The maximum absolute atomic E-state index is 5.92. The van der Waals surface area contributed by atoms with E-state index in [0.717, 1.165) is 11.1 Å². The monoisotopic (exact) mass is 312 g/mol. The van der Waals surface area contributed by atoms with Gasteiger partial charge in [0.1, 0.15) is 6.61 Å². The smallest absolute Gasteiger partial charge is 0.211 e. The quantitative estimate of drug-likeness (QED) is 0.485. The molecule has 6 nitrogen and oxygen atoms in total. The van der Waals surface area contributed by atoms with E-state index in [9.17, 15) is 0 Å². The van der Waals surface area contributed by atoms with E-state index >= 15 is 0 Å². The summed E-state index contributed by atoms with van der Waals surface area (Å²) in [4.78, 5) is 0. The molecule has 0 aliphatic carbocycles. The molecule has 0 bridgehead atoms. The lowest BCUT2D eigenvalue weighted by Gasteiger charge is -2.13. The fourth-order valence-electron chi connectivity index (χ4n) is 1.95. The highest BCUT2D eigenvalue weighted by atomic mass is 16.5. The van der Waals surface area contributed by atoms with E-state index in [1.165, 1.54) is 11.8 Å². The van der Waals surface area contributed by atoms with E-state index in [1.54, 1.807) is 7.11 Å². The van der Waals surface area contributed by atoms with Gasteiger partial charge in [-0.2, -0.15) is 5.10 Å². The van der Waals surface area contributed by atoms with Crippen LogP contribution >= 0.6 is 0 Å².